The number of hydrogen-bond donors (Lipinski definition) is 1. The molecule has 0 radical (unpaired) electrons. The summed E-state index contributed by atoms with van der Waals surface area (Å²) in [6.45, 7) is 5.91. The Labute approximate surface area is 108 Å². The average Bonchev–Trinajstić information content (AvgIpc) is 2.60. The summed E-state index contributed by atoms with van der Waals surface area (Å²) in [5, 5.41) is 9.70. The fraction of sp³-hybridized carbons (Fsp3) is 0.267. The molecule has 1 aromatic rings. The fourth-order valence-corrected chi connectivity index (χ4v) is 1.33. The van der Waals surface area contributed by atoms with Crippen molar-refractivity contribution in [2.75, 3.05) is 0 Å². The summed E-state index contributed by atoms with van der Waals surface area (Å²) in [6, 6.07) is 3.69. The molecule has 0 saturated carbocycles. The van der Waals surface area contributed by atoms with Gasteiger partial charge in [0.15, 0.2) is 5.76 Å². The van der Waals surface area contributed by atoms with Gasteiger partial charge in [-0.1, -0.05) is 32.1 Å². The van der Waals surface area contributed by atoms with Gasteiger partial charge in [0.1, 0.15) is 11.5 Å². The van der Waals surface area contributed by atoms with Crippen molar-refractivity contribution in [3.05, 3.63) is 59.8 Å². The van der Waals surface area contributed by atoms with Gasteiger partial charge in [-0.15, -0.1) is 0 Å². The molecular weight excluding hydrogens is 226 g/mol. The number of allylic oxidation sites excluding steroid dienone is 4. The third-order valence-electron chi connectivity index (χ3n) is 2.20. The second kappa shape index (κ2) is 7.33. The zero-order valence-electron chi connectivity index (χ0n) is 11.1. The average molecular weight is 245 g/mol. The van der Waals surface area contributed by atoms with Gasteiger partial charge < -0.3 is 9.84 Å². The second-order valence-electron chi connectivity index (χ2n) is 3.54. The van der Waals surface area contributed by atoms with Crippen molar-refractivity contribution >= 4 is 0 Å². The van der Waals surface area contributed by atoms with Crippen LogP contribution in [0.3, 0.4) is 0 Å². The van der Waals surface area contributed by atoms with E-state index in [4.69, 9.17) is 4.74 Å². The molecule has 0 saturated heterocycles. The van der Waals surface area contributed by atoms with Gasteiger partial charge in [-0.2, -0.15) is 0 Å². The summed E-state index contributed by atoms with van der Waals surface area (Å²) in [5.41, 5.74) is 0.934. The normalized spacial score (nSPS) is 13.7. The maximum absolute atomic E-state index is 9.70. The molecule has 2 rings (SSSR count). The van der Waals surface area contributed by atoms with Crippen LogP contribution in [0, 0.1) is 6.92 Å². The molecule has 1 N–H and O–H groups in total. The minimum Gasteiger partial charge on any atom is -0.508 e. The van der Waals surface area contributed by atoms with E-state index >= 15 is 0 Å². The summed E-state index contributed by atoms with van der Waals surface area (Å²) in [5.74, 6) is 1.32. The van der Waals surface area contributed by atoms with E-state index in [-0.39, 0.29) is 5.76 Å². The van der Waals surface area contributed by atoms with Gasteiger partial charge >= 0.3 is 0 Å². The Bertz CT molecular complexity index is 456. The number of ether oxygens (including phenoxy) is 1. The second-order valence-corrected chi connectivity index (χ2v) is 3.54. The van der Waals surface area contributed by atoms with Crippen LogP contribution in [-0.4, -0.2) is 10.1 Å². The predicted octanol–water partition coefficient (Wildman–Crippen LogP) is 4.08. The van der Waals surface area contributed by atoms with E-state index < -0.39 is 0 Å². The SMILES string of the molecule is CC.Cc1ccc(OC2=C(O)CC=CC=C2)cn1. The Morgan fingerprint density at radius 3 is 2.67 bits per heavy atom. The molecular formula is C15H19NO2. The standard InChI is InChI=1S/C13H13NO2.C2H6/c1-10-7-8-11(9-14-10)16-13-6-4-2-3-5-12(13)15;1-2/h2-4,6-9,15H,5H2,1H3;1-2H3. The summed E-state index contributed by atoms with van der Waals surface area (Å²) < 4.78 is 5.54. The van der Waals surface area contributed by atoms with E-state index in [0.717, 1.165) is 5.69 Å². The molecule has 0 bridgehead atoms. The Balaban J connectivity index is 0.000000771. The largest absolute Gasteiger partial charge is 0.508 e. The number of nitrogens with zero attached hydrogens (tertiary/aromatic N) is 1. The Kier molecular flexibility index (Phi) is 5.71. The third-order valence-corrected chi connectivity index (χ3v) is 2.20. The molecule has 18 heavy (non-hydrogen) atoms. The topological polar surface area (TPSA) is 42.4 Å². The maximum Gasteiger partial charge on any atom is 0.165 e. The van der Waals surface area contributed by atoms with Crippen molar-refractivity contribution < 1.29 is 9.84 Å². The number of aliphatic hydroxyl groups is 1. The lowest BCUT2D eigenvalue weighted by Crippen LogP contribution is -1.97. The van der Waals surface area contributed by atoms with E-state index in [1.807, 2.05) is 51.1 Å². The number of hydrogen-bond acceptors (Lipinski definition) is 3. The molecule has 1 aliphatic carbocycles. The molecule has 0 unspecified atom stereocenters. The molecule has 0 aliphatic heterocycles. The lowest BCUT2D eigenvalue weighted by atomic mass is 10.3. The molecule has 1 aromatic heterocycles. The van der Waals surface area contributed by atoms with Crippen LogP contribution < -0.4 is 4.74 Å². The Hall–Kier alpha value is -2.03. The minimum atomic E-state index is 0.227. The number of pyridine rings is 1. The first-order valence-corrected chi connectivity index (χ1v) is 6.11. The van der Waals surface area contributed by atoms with Crippen LogP contribution in [0.2, 0.25) is 0 Å². The van der Waals surface area contributed by atoms with Crippen molar-refractivity contribution in [3.8, 4) is 5.75 Å². The molecule has 0 spiro atoms. The monoisotopic (exact) mass is 245 g/mol. The van der Waals surface area contributed by atoms with Crippen LogP contribution in [0.1, 0.15) is 26.0 Å². The number of aryl methyl sites for hydroxylation is 1. The van der Waals surface area contributed by atoms with Crippen molar-refractivity contribution in [3.63, 3.8) is 0 Å². The molecule has 3 heteroatoms. The van der Waals surface area contributed by atoms with E-state index in [0.29, 0.717) is 17.9 Å². The van der Waals surface area contributed by atoms with Crippen molar-refractivity contribution in [2.24, 2.45) is 0 Å². The van der Waals surface area contributed by atoms with E-state index in [9.17, 15) is 5.11 Å². The fourth-order valence-electron chi connectivity index (χ4n) is 1.33. The maximum atomic E-state index is 9.70. The van der Waals surface area contributed by atoms with Crippen LogP contribution >= 0.6 is 0 Å². The van der Waals surface area contributed by atoms with Crippen LogP contribution in [0.15, 0.2) is 54.2 Å². The van der Waals surface area contributed by atoms with Gasteiger partial charge in [-0.25, -0.2) is 0 Å². The Morgan fingerprint density at radius 1 is 1.22 bits per heavy atom. The first-order valence-electron chi connectivity index (χ1n) is 6.11. The number of rotatable bonds is 2. The summed E-state index contributed by atoms with van der Waals surface area (Å²) in [7, 11) is 0. The lowest BCUT2D eigenvalue weighted by Gasteiger charge is -2.07. The highest BCUT2D eigenvalue weighted by Gasteiger charge is 2.06. The van der Waals surface area contributed by atoms with Gasteiger partial charge in [0.25, 0.3) is 0 Å². The molecule has 0 atom stereocenters. The van der Waals surface area contributed by atoms with Crippen LogP contribution in [-0.2, 0) is 0 Å². The lowest BCUT2D eigenvalue weighted by molar-refractivity contribution is 0.340. The van der Waals surface area contributed by atoms with Crippen molar-refractivity contribution in [1.29, 1.82) is 0 Å². The zero-order valence-corrected chi connectivity index (χ0v) is 11.1. The van der Waals surface area contributed by atoms with Crippen molar-refractivity contribution in [1.82, 2.24) is 4.98 Å². The van der Waals surface area contributed by atoms with Crippen LogP contribution in [0.4, 0.5) is 0 Å². The first kappa shape index (κ1) is 14.0. The highest BCUT2D eigenvalue weighted by atomic mass is 16.5. The highest BCUT2D eigenvalue weighted by Crippen LogP contribution is 2.18. The quantitative estimate of drug-likeness (QED) is 0.853. The van der Waals surface area contributed by atoms with Crippen molar-refractivity contribution in [2.45, 2.75) is 27.2 Å². The summed E-state index contributed by atoms with van der Waals surface area (Å²) >= 11 is 0. The van der Waals surface area contributed by atoms with Gasteiger partial charge in [0, 0.05) is 12.1 Å². The summed E-state index contributed by atoms with van der Waals surface area (Å²) in [4.78, 5) is 4.12. The molecule has 1 heterocycles. The van der Waals surface area contributed by atoms with Gasteiger partial charge in [0.05, 0.1) is 6.20 Å². The molecule has 3 nitrogen and oxygen atoms in total. The first-order chi connectivity index (χ1) is 8.75. The molecule has 0 fully saturated rings. The van der Waals surface area contributed by atoms with Crippen LogP contribution in [0.5, 0.6) is 5.75 Å². The molecule has 1 aliphatic rings. The smallest absolute Gasteiger partial charge is 0.165 e. The summed E-state index contributed by atoms with van der Waals surface area (Å²) in [6.07, 6.45) is 9.44. The molecule has 0 amide bonds. The van der Waals surface area contributed by atoms with Gasteiger partial charge in [-0.05, 0) is 25.1 Å². The number of aliphatic hydroxyl groups excluding tert-OH is 1. The molecule has 0 aromatic carbocycles. The molecule has 96 valence electrons. The minimum absolute atomic E-state index is 0.227. The van der Waals surface area contributed by atoms with Crippen LogP contribution in [0.25, 0.3) is 0 Å². The van der Waals surface area contributed by atoms with Gasteiger partial charge in [0.2, 0.25) is 0 Å². The van der Waals surface area contributed by atoms with Gasteiger partial charge in [-0.3, -0.25) is 4.98 Å². The van der Waals surface area contributed by atoms with E-state index in [1.165, 1.54) is 0 Å². The zero-order chi connectivity index (χ0) is 13.4. The third kappa shape index (κ3) is 4.09. The Morgan fingerprint density at radius 2 is 2.00 bits per heavy atom. The van der Waals surface area contributed by atoms with E-state index in [2.05, 4.69) is 4.98 Å². The highest BCUT2D eigenvalue weighted by molar-refractivity contribution is 5.30. The predicted molar refractivity (Wildman–Crippen MR) is 73.5 cm³/mol. The van der Waals surface area contributed by atoms with E-state index in [1.54, 1.807) is 12.3 Å². The number of aromatic nitrogens is 1.